The molecule has 0 saturated heterocycles. The van der Waals surface area contributed by atoms with Crippen molar-refractivity contribution in [1.29, 1.82) is 0 Å². The van der Waals surface area contributed by atoms with Crippen molar-refractivity contribution in [3.63, 3.8) is 0 Å². The molecule has 0 saturated carbocycles. The van der Waals surface area contributed by atoms with E-state index in [4.69, 9.17) is 4.42 Å². The highest BCUT2D eigenvalue weighted by atomic mass is 19.1. The maximum Gasteiger partial charge on any atom is 0.240 e. The van der Waals surface area contributed by atoms with Crippen LogP contribution in [-0.4, -0.2) is 18.0 Å². The fraction of sp³-hybridized carbons (Fsp3) is 0.133. The minimum absolute atomic E-state index is 0.000514. The number of furan rings is 1. The Labute approximate surface area is 126 Å². The Morgan fingerprint density at radius 2 is 1.86 bits per heavy atom. The van der Waals surface area contributed by atoms with E-state index in [1.165, 1.54) is 36.7 Å². The molecule has 0 spiro atoms. The van der Waals surface area contributed by atoms with Gasteiger partial charge >= 0.3 is 0 Å². The highest BCUT2D eigenvalue weighted by Gasteiger charge is 2.06. The average molecular weight is 303 g/mol. The summed E-state index contributed by atoms with van der Waals surface area (Å²) < 4.78 is 17.7. The van der Waals surface area contributed by atoms with Crippen LogP contribution in [-0.2, 0) is 9.59 Å². The van der Waals surface area contributed by atoms with Crippen molar-refractivity contribution < 1.29 is 18.4 Å². The summed E-state index contributed by atoms with van der Waals surface area (Å²) in [5.74, 6) is -0.602. The molecule has 0 fully saturated rings. The minimum Gasteiger partial charge on any atom is -0.463 e. The van der Waals surface area contributed by atoms with Crippen LogP contribution in [0.3, 0.4) is 0 Å². The molecule has 0 aliphatic carbocycles. The van der Waals surface area contributed by atoms with Crippen molar-refractivity contribution in [2.45, 2.75) is 12.8 Å². The number of carbonyl (C=O) groups is 2. The Bertz CT molecular complexity index is 651. The lowest BCUT2D eigenvalue weighted by atomic mass is 10.2. The predicted molar refractivity (Wildman–Crippen MR) is 78.7 cm³/mol. The summed E-state index contributed by atoms with van der Waals surface area (Å²) in [6, 6.07) is 8.76. The number of hydrogen-bond acceptors (Lipinski definition) is 4. The molecule has 6 nitrogen and oxygen atoms in total. The Kier molecular flexibility index (Phi) is 5.42. The molecule has 22 heavy (non-hydrogen) atoms. The third-order valence-electron chi connectivity index (χ3n) is 2.63. The van der Waals surface area contributed by atoms with Crippen molar-refractivity contribution in [3.05, 3.63) is 54.2 Å². The fourth-order valence-corrected chi connectivity index (χ4v) is 1.57. The van der Waals surface area contributed by atoms with E-state index in [9.17, 15) is 14.0 Å². The molecule has 1 aromatic carbocycles. The van der Waals surface area contributed by atoms with Gasteiger partial charge in [-0.15, -0.1) is 0 Å². The van der Waals surface area contributed by atoms with Crippen LogP contribution < -0.4 is 10.7 Å². The first kappa shape index (κ1) is 15.4. The Morgan fingerprint density at radius 3 is 2.55 bits per heavy atom. The molecule has 114 valence electrons. The standard InChI is InChI=1S/C15H14FN3O3/c16-11-3-5-12(6-4-11)18-14(20)7-8-15(21)19-17-10-13-2-1-9-22-13/h1-6,9-10H,7-8H2,(H,18,20)(H,19,21)/b17-10-. The van der Waals surface area contributed by atoms with E-state index in [1.807, 2.05) is 0 Å². The second-order valence-electron chi connectivity index (χ2n) is 4.36. The first-order valence-corrected chi connectivity index (χ1v) is 6.54. The van der Waals surface area contributed by atoms with Gasteiger partial charge < -0.3 is 9.73 Å². The number of carbonyl (C=O) groups excluding carboxylic acids is 2. The molecule has 1 aromatic heterocycles. The van der Waals surface area contributed by atoms with Gasteiger partial charge in [0.05, 0.1) is 12.5 Å². The lowest BCUT2D eigenvalue weighted by molar-refractivity contribution is -0.124. The number of amides is 2. The van der Waals surface area contributed by atoms with Crippen molar-refractivity contribution in [2.24, 2.45) is 5.10 Å². The van der Waals surface area contributed by atoms with Gasteiger partial charge in [-0.1, -0.05) is 0 Å². The van der Waals surface area contributed by atoms with Gasteiger partial charge in [0.25, 0.3) is 0 Å². The lowest BCUT2D eigenvalue weighted by Crippen LogP contribution is -2.20. The fourth-order valence-electron chi connectivity index (χ4n) is 1.57. The third kappa shape index (κ3) is 5.20. The number of nitrogens with zero attached hydrogens (tertiary/aromatic N) is 1. The van der Waals surface area contributed by atoms with Crippen LogP contribution in [0.1, 0.15) is 18.6 Å². The summed E-state index contributed by atoms with van der Waals surface area (Å²) in [4.78, 5) is 23.1. The van der Waals surface area contributed by atoms with Gasteiger partial charge in [-0.2, -0.15) is 5.10 Å². The lowest BCUT2D eigenvalue weighted by Gasteiger charge is -2.04. The summed E-state index contributed by atoms with van der Waals surface area (Å²) in [5.41, 5.74) is 2.76. The molecule has 2 amide bonds. The van der Waals surface area contributed by atoms with Crippen molar-refractivity contribution in [3.8, 4) is 0 Å². The van der Waals surface area contributed by atoms with Gasteiger partial charge in [0.1, 0.15) is 11.6 Å². The maximum absolute atomic E-state index is 12.7. The number of halogens is 1. The molecule has 0 bridgehead atoms. The number of nitrogens with one attached hydrogen (secondary N) is 2. The van der Waals surface area contributed by atoms with Crippen LogP contribution in [0.15, 0.2) is 52.2 Å². The molecule has 1 heterocycles. The third-order valence-corrected chi connectivity index (χ3v) is 2.63. The summed E-state index contributed by atoms with van der Waals surface area (Å²) >= 11 is 0. The molecule has 0 aliphatic rings. The quantitative estimate of drug-likeness (QED) is 0.634. The van der Waals surface area contributed by atoms with Crippen LogP contribution in [0.25, 0.3) is 0 Å². The molecule has 0 unspecified atom stereocenters. The monoisotopic (exact) mass is 303 g/mol. The first-order chi connectivity index (χ1) is 10.6. The largest absolute Gasteiger partial charge is 0.463 e. The molecule has 0 atom stereocenters. The molecule has 0 aliphatic heterocycles. The summed E-state index contributed by atoms with van der Waals surface area (Å²) in [7, 11) is 0. The number of anilines is 1. The molecular formula is C15H14FN3O3. The SMILES string of the molecule is O=C(CCC(=O)Nc1ccc(F)cc1)N/N=C\c1ccco1. The normalized spacial score (nSPS) is 10.6. The van der Waals surface area contributed by atoms with Crippen molar-refractivity contribution in [2.75, 3.05) is 5.32 Å². The number of benzene rings is 1. The van der Waals surface area contributed by atoms with Gasteiger partial charge in [-0.05, 0) is 36.4 Å². The highest BCUT2D eigenvalue weighted by molar-refractivity contribution is 5.93. The van der Waals surface area contributed by atoms with Gasteiger partial charge in [-0.25, -0.2) is 9.82 Å². The van der Waals surface area contributed by atoms with E-state index < -0.39 is 5.91 Å². The smallest absolute Gasteiger partial charge is 0.240 e. The van der Waals surface area contributed by atoms with Gasteiger partial charge in [0.2, 0.25) is 11.8 Å². The second kappa shape index (κ2) is 7.72. The van der Waals surface area contributed by atoms with Crippen LogP contribution in [0, 0.1) is 5.82 Å². The van der Waals surface area contributed by atoms with Crippen molar-refractivity contribution >= 4 is 23.7 Å². The zero-order valence-corrected chi connectivity index (χ0v) is 11.6. The maximum atomic E-state index is 12.7. The second-order valence-corrected chi connectivity index (χ2v) is 4.36. The minimum atomic E-state index is -0.392. The van der Waals surface area contributed by atoms with Crippen molar-refractivity contribution in [1.82, 2.24) is 5.43 Å². The predicted octanol–water partition coefficient (Wildman–Crippen LogP) is 2.29. The molecule has 2 rings (SSSR count). The summed E-state index contributed by atoms with van der Waals surface area (Å²) in [6.45, 7) is 0. The van der Waals surface area contributed by atoms with Crippen LogP contribution in [0.4, 0.5) is 10.1 Å². The topological polar surface area (TPSA) is 83.7 Å². The Balaban J connectivity index is 1.69. The van der Waals surface area contributed by atoms with Gasteiger partial charge in [0.15, 0.2) is 0 Å². The zero-order chi connectivity index (χ0) is 15.8. The Morgan fingerprint density at radius 1 is 1.14 bits per heavy atom. The van der Waals surface area contributed by atoms with E-state index in [0.717, 1.165) is 0 Å². The van der Waals surface area contributed by atoms with Crippen LogP contribution >= 0.6 is 0 Å². The average Bonchev–Trinajstić information content (AvgIpc) is 3.01. The van der Waals surface area contributed by atoms with Gasteiger partial charge in [0, 0.05) is 18.5 Å². The number of rotatable bonds is 6. The Hall–Kier alpha value is -2.96. The molecule has 2 aromatic rings. The summed E-state index contributed by atoms with van der Waals surface area (Å²) in [5, 5.41) is 6.26. The molecule has 0 radical (unpaired) electrons. The zero-order valence-electron chi connectivity index (χ0n) is 11.6. The van der Waals surface area contributed by atoms with E-state index in [1.54, 1.807) is 12.1 Å². The van der Waals surface area contributed by atoms with Gasteiger partial charge in [-0.3, -0.25) is 9.59 Å². The first-order valence-electron chi connectivity index (χ1n) is 6.54. The van der Waals surface area contributed by atoms with Crippen LogP contribution in [0.2, 0.25) is 0 Å². The summed E-state index contributed by atoms with van der Waals surface area (Å²) in [6.07, 6.45) is 2.83. The van der Waals surface area contributed by atoms with E-state index >= 15 is 0 Å². The molecule has 2 N–H and O–H groups in total. The van der Waals surface area contributed by atoms with Crippen LogP contribution in [0.5, 0.6) is 0 Å². The van der Waals surface area contributed by atoms with E-state index in [0.29, 0.717) is 11.4 Å². The molecule has 7 heteroatoms. The van der Waals surface area contributed by atoms with E-state index in [2.05, 4.69) is 15.8 Å². The molecular weight excluding hydrogens is 289 g/mol. The highest BCUT2D eigenvalue weighted by Crippen LogP contribution is 2.08. The number of hydrogen-bond donors (Lipinski definition) is 2. The van der Waals surface area contributed by atoms with E-state index in [-0.39, 0.29) is 24.6 Å². The number of hydrazone groups is 1.